The van der Waals surface area contributed by atoms with Crippen molar-refractivity contribution in [3.8, 4) is 0 Å². The molecule has 0 amide bonds. The van der Waals surface area contributed by atoms with Crippen LogP contribution in [0.25, 0.3) is 0 Å². The molecule has 0 fully saturated rings. The molecule has 0 atom stereocenters. The van der Waals surface area contributed by atoms with Gasteiger partial charge in [0.2, 0.25) is 0 Å². The molecule has 0 aliphatic rings. The maximum atomic E-state index is 6.46. The predicted octanol–water partition coefficient (Wildman–Crippen LogP) is 3.74. The fourth-order valence-corrected chi connectivity index (χ4v) is 9.61. The van der Waals surface area contributed by atoms with E-state index in [4.69, 9.17) is 44.6 Å². The Labute approximate surface area is 210 Å². The van der Waals surface area contributed by atoms with E-state index < -0.39 is 26.4 Å². The predicted molar refractivity (Wildman–Crippen MR) is 137 cm³/mol. The normalized spacial score (nSPS) is 13.6. The first kappa shape index (κ1) is 34.3. The largest absolute Gasteiger partial charge is 0.500 e. The van der Waals surface area contributed by atoms with Gasteiger partial charge in [-0.1, -0.05) is 0 Å². The van der Waals surface area contributed by atoms with E-state index in [0.29, 0.717) is 24.7 Å². The van der Waals surface area contributed by atoms with Gasteiger partial charge >= 0.3 is 26.4 Å². The zero-order chi connectivity index (χ0) is 26.1. The van der Waals surface area contributed by atoms with Crippen LogP contribution < -0.4 is 0 Å². The minimum atomic E-state index is -2.66. The molecule has 0 aromatic rings. The van der Waals surface area contributed by atoms with Crippen molar-refractivity contribution < 1.29 is 44.6 Å². The van der Waals surface area contributed by atoms with Crippen LogP contribution in [0.15, 0.2) is 0 Å². The second-order valence-corrected chi connectivity index (χ2v) is 17.3. The monoisotopic (exact) mass is 546 g/mol. The number of hydrogen-bond acceptors (Lipinski definition) is 10. The molecular formula is C21H50O10Si3. The molecular weight excluding hydrogens is 496 g/mol. The summed E-state index contributed by atoms with van der Waals surface area (Å²) in [4.78, 5) is 0. The lowest BCUT2D eigenvalue weighted by Crippen LogP contribution is -2.45. The van der Waals surface area contributed by atoms with Gasteiger partial charge < -0.3 is 44.6 Å². The molecule has 0 saturated heterocycles. The quantitative estimate of drug-likeness (QED) is 0.176. The zero-order valence-corrected chi connectivity index (χ0v) is 26.2. The summed E-state index contributed by atoms with van der Waals surface area (Å²) in [6, 6.07) is 2.14. The van der Waals surface area contributed by atoms with Crippen molar-refractivity contribution >= 4 is 26.4 Å². The molecule has 0 spiro atoms. The molecule has 0 radical (unpaired) electrons. The van der Waals surface area contributed by atoms with Gasteiger partial charge in [-0.2, -0.15) is 0 Å². The summed E-state index contributed by atoms with van der Waals surface area (Å²) in [6.45, 7) is 2.65. The number of ether oxygens (including phenoxy) is 1. The lowest BCUT2D eigenvalue weighted by molar-refractivity contribution is -0.0608. The van der Waals surface area contributed by atoms with Gasteiger partial charge in [0.1, 0.15) is 0 Å². The Bertz CT molecular complexity index is 414. The van der Waals surface area contributed by atoms with Crippen molar-refractivity contribution in [2.24, 2.45) is 0 Å². The van der Waals surface area contributed by atoms with E-state index in [-0.39, 0.29) is 5.60 Å². The highest BCUT2D eigenvalue weighted by Gasteiger charge is 2.42. The summed E-state index contributed by atoms with van der Waals surface area (Å²) >= 11 is 0. The zero-order valence-electron chi connectivity index (χ0n) is 23.2. The summed E-state index contributed by atoms with van der Waals surface area (Å²) in [5, 5.41) is 0. The maximum Gasteiger partial charge on any atom is 0.500 e. The molecule has 0 aliphatic carbocycles. The molecule has 206 valence electrons. The third-order valence-corrected chi connectivity index (χ3v) is 15.1. The number of rotatable bonds is 23. The van der Waals surface area contributed by atoms with Crippen LogP contribution in [0.3, 0.4) is 0 Å². The van der Waals surface area contributed by atoms with Gasteiger partial charge in [-0.05, 0) is 45.4 Å². The van der Waals surface area contributed by atoms with Crippen LogP contribution in [0.4, 0.5) is 0 Å². The molecule has 0 aliphatic heterocycles. The van der Waals surface area contributed by atoms with Crippen molar-refractivity contribution in [3.05, 3.63) is 0 Å². The van der Waals surface area contributed by atoms with Gasteiger partial charge in [-0.3, -0.25) is 0 Å². The Hall–Kier alpha value is 0.251. The number of hydrogen-bond donors (Lipinski definition) is 0. The first-order valence-electron chi connectivity index (χ1n) is 11.8. The van der Waals surface area contributed by atoms with E-state index in [1.165, 1.54) is 0 Å². The molecule has 13 heteroatoms. The van der Waals surface area contributed by atoms with Gasteiger partial charge in [0.05, 0.1) is 5.60 Å². The standard InChI is InChI=1S/C21H50O10Si3/c1-11-31-21(15-12-18-32(22-2,23-3)24-4,16-13-19-33(25-5,26-6)27-7)17-14-20-34(28-8,29-9)30-10/h11-20H2,1-10H3. The molecule has 0 aromatic heterocycles. The summed E-state index contributed by atoms with van der Waals surface area (Å²) in [5.74, 6) is 0. The van der Waals surface area contributed by atoms with Crippen LogP contribution >= 0.6 is 0 Å². The minimum Gasteiger partial charge on any atom is -0.377 e. The second-order valence-electron chi connectivity index (χ2n) is 8.06. The third kappa shape index (κ3) is 10.3. The maximum absolute atomic E-state index is 6.46. The van der Waals surface area contributed by atoms with Gasteiger partial charge in [0.25, 0.3) is 0 Å². The van der Waals surface area contributed by atoms with Crippen molar-refractivity contribution in [2.45, 2.75) is 69.2 Å². The third-order valence-electron chi connectivity index (χ3n) is 6.60. The van der Waals surface area contributed by atoms with Gasteiger partial charge in [0, 0.05) is 88.7 Å². The fourth-order valence-electron chi connectivity index (χ4n) is 4.45. The first-order chi connectivity index (χ1) is 16.2. The average molecular weight is 547 g/mol. The van der Waals surface area contributed by atoms with Crippen LogP contribution in [-0.2, 0) is 44.6 Å². The van der Waals surface area contributed by atoms with E-state index in [1.54, 1.807) is 64.0 Å². The molecule has 34 heavy (non-hydrogen) atoms. The summed E-state index contributed by atoms with van der Waals surface area (Å²) in [7, 11) is 6.81. The van der Waals surface area contributed by atoms with Crippen LogP contribution in [-0.4, -0.2) is 103 Å². The molecule has 0 unspecified atom stereocenters. The lowest BCUT2D eigenvalue weighted by Gasteiger charge is -2.36. The fraction of sp³-hybridized carbons (Fsp3) is 1.00. The molecule has 0 N–H and O–H groups in total. The first-order valence-corrected chi connectivity index (χ1v) is 17.6. The Morgan fingerprint density at radius 2 is 0.676 bits per heavy atom. The van der Waals surface area contributed by atoms with Gasteiger partial charge in [-0.15, -0.1) is 0 Å². The lowest BCUT2D eigenvalue weighted by atomic mass is 9.88. The smallest absolute Gasteiger partial charge is 0.377 e. The molecule has 0 heterocycles. The van der Waals surface area contributed by atoms with Gasteiger partial charge in [0.15, 0.2) is 0 Å². The molecule has 0 saturated carbocycles. The highest BCUT2D eigenvalue weighted by Crippen LogP contribution is 2.35. The van der Waals surface area contributed by atoms with E-state index in [9.17, 15) is 0 Å². The Morgan fingerprint density at radius 3 is 0.853 bits per heavy atom. The van der Waals surface area contributed by atoms with E-state index in [2.05, 4.69) is 0 Å². The molecule has 0 aromatic carbocycles. The molecule has 0 rings (SSSR count). The summed E-state index contributed by atoms with van der Waals surface area (Å²) in [6.07, 6.45) is 5.08. The highest BCUT2D eigenvalue weighted by molar-refractivity contribution is 6.61. The van der Waals surface area contributed by atoms with Crippen LogP contribution in [0.1, 0.15) is 45.4 Å². The molecule has 0 bridgehead atoms. The Kier molecular flexibility index (Phi) is 17.8. The van der Waals surface area contributed by atoms with Crippen molar-refractivity contribution in [3.63, 3.8) is 0 Å². The average Bonchev–Trinajstić information content (AvgIpc) is 2.88. The topological polar surface area (TPSA) is 92.3 Å². The van der Waals surface area contributed by atoms with Crippen LogP contribution in [0, 0.1) is 0 Å². The van der Waals surface area contributed by atoms with Crippen LogP contribution in [0.2, 0.25) is 18.1 Å². The van der Waals surface area contributed by atoms with Crippen molar-refractivity contribution in [1.29, 1.82) is 0 Å². The van der Waals surface area contributed by atoms with Crippen LogP contribution in [0.5, 0.6) is 0 Å². The van der Waals surface area contributed by atoms with Crippen molar-refractivity contribution in [2.75, 3.05) is 70.6 Å². The SMILES string of the molecule is CCOC(CCC[Si](OC)(OC)OC)(CCC[Si](OC)(OC)OC)CCC[Si](OC)(OC)OC. The van der Waals surface area contributed by atoms with E-state index in [1.807, 2.05) is 6.92 Å². The Balaban J connectivity index is 5.54. The highest BCUT2D eigenvalue weighted by atomic mass is 28.4. The summed E-state index contributed by atoms with van der Waals surface area (Å²) in [5.41, 5.74) is -0.338. The van der Waals surface area contributed by atoms with E-state index >= 15 is 0 Å². The summed E-state index contributed by atoms with van der Waals surface area (Å²) < 4.78 is 57.0. The second kappa shape index (κ2) is 17.7. The Morgan fingerprint density at radius 1 is 0.441 bits per heavy atom. The van der Waals surface area contributed by atoms with Gasteiger partial charge in [-0.25, -0.2) is 0 Å². The van der Waals surface area contributed by atoms with Crippen molar-refractivity contribution in [1.82, 2.24) is 0 Å². The molecule has 10 nitrogen and oxygen atoms in total. The van der Waals surface area contributed by atoms with E-state index in [0.717, 1.165) is 38.5 Å². The minimum absolute atomic E-state index is 0.338.